The van der Waals surface area contributed by atoms with Crippen LogP contribution in [0.2, 0.25) is 13.1 Å². The highest BCUT2D eigenvalue weighted by molar-refractivity contribution is 7.00. The Morgan fingerprint density at radius 1 is 0.938 bits per heavy atom. The first-order valence-electron chi connectivity index (χ1n) is 11.2. The molecule has 0 saturated carbocycles. The third-order valence-electron chi connectivity index (χ3n) is 6.11. The maximum Gasteiger partial charge on any atom is 0.303 e. The predicted octanol–water partition coefficient (Wildman–Crippen LogP) is 3.04. The molecule has 0 radical (unpaired) electrons. The van der Waals surface area contributed by atoms with Gasteiger partial charge in [-0.05, 0) is 43.5 Å². The fourth-order valence-corrected chi connectivity index (χ4v) is 5.67. The molecule has 1 atom stereocenters. The van der Waals surface area contributed by atoms with Crippen molar-refractivity contribution in [3.8, 4) is 11.5 Å². The number of ether oxygens (including phenoxy) is 2. The minimum absolute atomic E-state index is 0.0695. The van der Waals surface area contributed by atoms with E-state index in [-0.39, 0.29) is 26.1 Å². The second kappa shape index (κ2) is 11.5. The molecule has 0 fully saturated rings. The fourth-order valence-electron chi connectivity index (χ4n) is 3.34. The molecule has 0 aliphatic carbocycles. The lowest BCUT2D eigenvalue weighted by Crippen LogP contribution is -2.52. The highest BCUT2D eigenvalue weighted by Gasteiger charge is 2.27. The van der Waals surface area contributed by atoms with Gasteiger partial charge in [0.2, 0.25) is 0 Å². The summed E-state index contributed by atoms with van der Waals surface area (Å²) >= 11 is 0. The van der Waals surface area contributed by atoms with Crippen molar-refractivity contribution in [2.75, 3.05) is 13.2 Å². The van der Waals surface area contributed by atoms with Crippen LogP contribution in [0.5, 0.6) is 11.5 Å². The van der Waals surface area contributed by atoms with E-state index in [9.17, 15) is 15.0 Å². The maximum absolute atomic E-state index is 10.6. The van der Waals surface area contributed by atoms with E-state index in [1.165, 1.54) is 10.4 Å². The van der Waals surface area contributed by atoms with E-state index in [1.807, 2.05) is 38.1 Å². The van der Waals surface area contributed by atoms with Crippen LogP contribution in [0.15, 0.2) is 48.5 Å². The van der Waals surface area contributed by atoms with Gasteiger partial charge in [-0.2, -0.15) is 0 Å². The summed E-state index contributed by atoms with van der Waals surface area (Å²) in [5.74, 6) is 0.476. The Hall–Kier alpha value is -2.35. The van der Waals surface area contributed by atoms with Gasteiger partial charge in [-0.3, -0.25) is 4.79 Å². The van der Waals surface area contributed by atoms with Gasteiger partial charge >= 0.3 is 5.97 Å². The molecule has 3 N–H and O–H groups in total. The lowest BCUT2D eigenvalue weighted by Gasteiger charge is -2.26. The van der Waals surface area contributed by atoms with Crippen LogP contribution in [0.1, 0.15) is 39.5 Å². The minimum Gasteiger partial charge on any atom is -0.491 e. The normalized spacial score (nSPS) is 12.9. The number of carboxylic acids is 1. The van der Waals surface area contributed by atoms with Gasteiger partial charge in [0.05, 0.1) is 11.7 Å². The number of aliphatic hydroxyl groups is 2. The van der Waals surface area contributed by atoms with E-state index in [0.717, 1.165) is 5.75 Å². The summed E-state index contributed by atoms with van der Waals surface area (Å²) in [4.78, 5) is 10.6. The maximum atomic E-state index is 10.6. The zero-order valence-electron chi connectivity index (χ0n) is 19.5. The molecule has 0 heterocycles. The lowest BCUT2D eigenvalue weighted by atomic mass is 9.99. The van der Waals surface area contributed by atoms with Crippen LogP contribution in [0, 0.1) is 0 Å². The fraction of sp³-hybridized carbons (Fsp3) is 0.480. The summed E-state index contributed by atoms with van der Waals surface area (Å²) < 4.78 is 11.4. The Morgan fingerprint density at radius 2 is 1.41 bits per heavy atom. The summed E-state index contributed by atoms with van der Waals surface area (Å²) in [6, 6.07) is 16.0. The van der Waals surface area contributed by atoms with Gasteiger partial charge in [0.1, 0.15) is 32.8 Å². The molecule has 32 heavy (non-hydrogen) atoms. The summed E-state index contributed by atoms with van der Waals surface area (Å²) in [6.45, 7) is 8.83. The monoisotopic (exact) mass is 460 g/mol. The Kier molecular flexibility index (Phi) is 9.30. The van der Waals surface area contributed by atoms with Crippen molar-refractivity contribution in [2.45, 2.75) is 64.3 Å². The van der Waals surface area contributed by atoms with Crippen LogP contribution in [0.3, 0.4) is 0 Å². The van der Waals surface area contributed by atoms with Crippen molar-refractivity contribution in [1.82, 2.24) is 0 Å². The summed E-state index contributed by atoms with van der Waals surface area (Å²) in [6.07, 6.45) is 0.599. The molecule has 0 unspecified atom stereocenters. The van der Waals surface area contributed by atoms with E-state index in [2.05, 4.69) is 37.4 Å². The molecule has 2 aromatic rings. The van der Waals surface area contributed by atoms with Crippen LogP contribution in [-0.2, 0) is 4.79 Å². The largest absolute Gasteiger partial charge is 0.491 e. The molecule has 2 aromatic carbocycles. The summed E-state index contributed by atoms with van der Waals surface area (Å²) in [5, 5.41) is 31.4. The van der Waals surface area contributed by atoms with E-state index in [0.29, 0.717) is 18.6 Å². The highest BCUT2D eigenvalue weighted by atomic mass is 28.3. The van der Waals surface area contributed by atoms with Crippen molar-refractivity contribution in [3.63, 3.8) is 0 Å². The number of aliphatic hydroxyl groups excluding tert-OH is 1. The number of carboxylic acid groups (broad SMARTS) is 1. The Bertz CT molecular complexity index is 844. The molecule has 0 bridgehead atoms. The molecule has 0 spiro atoms. The van der Waals surface area contributed by atoms with E-state index < -0.39 is 25.7 Å². The van der Waals surface area contributed by atoms with Gasteiger partial charge in [0.15, 0.2) is 0 Å². The van der Waals surface area contributed by atoms with Crippen LogP contribution >= 0.6 is 0 Å². The third-order valence-corrected chi connectivity index (χ3v) is 9.66. The number of rotatable bonds is 13. The Labute approximate surface area is 191 Å². The molecule has 0 aliphatic heterocycles. The number of hydrogen-bond acceptors (Lipinski definition) is 5. The topological polar surface area (TPSA) is 96.2 Å². The van der Waals surface area contributed by atoms with Gasteiger partial charge in [-0.15, -0.1) is 0 Å². The number of aliphatic carboxylic acids is 1. The molecule has 6 nitrogen and oxygen atoms in total. The van der Waals surface area contributed by atoms with Crippen LogP contribution < -0.4 is 19.8 Å². The second-order valence-electron chi connectivity index (χ2n) is 8.79. The predicted molar refractivity (Wildman–Crippen MR) is 129 cm³/mol. The zero-order valence-corrected chi connectivity index (χ0v) is 20.5. The Morgan fingerprint density at radius 3 is 1.84 bits per heavy atom. The first kappa shape index (κ1) is 25.9. The highest BCUT2D eigenvalue weighted by Crippen LogP contribution is 2.19. The average Bonchev–Trinajstić information content (AvgIpc) is 2.80. The summed E-state index contributed by atoms with van der Waals surface area (Å²) in [7, 11) is -1.92. The molecule has 0 aromatic heterocycles. The van der Waals surface area contributed by atoms with Crippen molar-refractivity contribution in [1.29, 1.82) is 0 Å². The van der Waals surface area contributed by atoms with Gasteiger partial charge < -0.3 is 24.8 Å². The first-order chi connectivity index (χ1) is 15.1. The van der Waals surface area contributed by atoms with Crippen molar-refractivity contribution in [2.24, 2.45) is 0 Å². The molecule has 0 aliphatic rings. The molecular formula is C25H36O6Si. The van der Waals surface area contributed by atoms with Gasteiger partial charge in [-0.1, -0.05) is 61.6 Å². The van der Waals surface area contributed by atoms with Crippen molar-refractivity contribution < 1.29 is 29.6 Å². The molecule has 7 heteroatoms. The number of carbonyl (C=O) groups is 1. The third kappa shape index (κ3) is 7.36. The van der Waals surface area contributed by atoms with Crippen LogP contribution in [0.4, 0.5) is 0 Å². The number of hydrogen-bond donors (Lipinski definition) is 3. The molecule has 0 amide bonds. The van der Waals surface area contributed by atoms with Crippen LogP contribution in [-0.4, -0.2) is 54.3 Å². The Balaban J connectivity index is 1.98. The SMILES string of the molecule is CCC(O)(CC)COc1ccc([Si](C)(C)c2ccc(OC[C@@H](O)CCC(=O)O)cc2)cc1. The quantitative estimate of drug-likeness (QED) is 0.398. The standard InChI is InChI=1S/C25H36O6Si/c1-5-25(29,6-2)18-31-21-10-14-23(15-11-21)32(3,4)22-12-8-20(9-13-22)30-17-19(26)7-16-24(27)28/h8-15,19,26,29H,5-7,16-18H2,1-4H3,(H,27,28)/t19-/m0/s1. The van der Waals surface area contributed by atoms with Crippen molar-refractivity contribution >= 4 is 24.4 Å². The van der Waals surface area contributed by atoms with E-state index >= 15 is 0 Å². The smallest absolute Gasteiger partial charge is 0.303 e. The van der Waals surface area contributed by atoms with Gasteiger partial charge in [-0.25, -0.2) is 0 Å². The van der Waals surface area contributed by atoms with Crippen LogP contribution in [0.25, 0.3) is 0 Å². The molecule has 2 rings (SSSR count). The lowest BCUT2D eigenvalue weighted by molar-refractivity contribution is -0.137. The zero-order chi connectivity index (χ0) is 23.8. The number of benzene rings is 2. The molecule has 0 saturated heterocycles. The minimum atomic E-state index is -1.92. The second-order valence-corrected chi connectivity index (χ2v) is 13.2. The van der Waals surface area contributed by atoms with E-state index in [4.69, 9.17) is 14.6 Å². The first-order valence-corrected chi connectivity index (χ1v) is 14.2. The molecule has 176 valence electrons. The summed E-state index contributed by atoms with van der Waals surface area (Å²) in [5.41, 5.74) is -0.789. The average molecular weight is 461 g/mol. The molecular weight excluding hydrogens is 424 g/mol. The van der Waals surface area contributed by atoms with E-state index in [1.54, 1.807) is 0 Å². The van der Waals surface area contributed by atoms with Gasteiger partial charge in [0.25, 0.3) is 0 Å². The van der Waals surface area contributed by atoms with Crippen molar-refractivity contribution in [3.05, 3.63) is 48.5 Å². The van der Waals surface area contributed by atoms with Gasteiger partial charge in [0, 0.05) is 6.42 Å².